The molecular weight excluding hydrogens is 430 g/mol. The zero-order valence-corrected chi connectivity index (χ0v) is 22.5. The lowest BCUT2D eigenvalue weighted by atomic mass is 9.97. The van der Waals surface area contributed by atoms with Gasteiger partial charge < -0.3 is 20.3 Å². The van der Waals surface area contributed by atoms with Crippen molar-refractivity contribution in [2.75, 3.05) is 6.54 Å². The second-order valence-corrected chi connectivity index (χ2v) is 10.6. The van der Waals surface area contributed by atoms with Gasteiger partial charge in [-0.3, -0.25) is 9.59 Å². The summed E-state index contributed by atoms with van der Waals surface area (Å²) in [5, 5.41) is 5.73. The van der Waals surface area contributed by atoms with Crippen molar-refractivity contribution in [1.82, 2.24) is 15.5 Å². The summed E-state index contributed by atoms with van der Waals surface area (Å²) in [6, 6.07) is 5.98. The Kier molecular flexibility index (Phi) is 11.6. The number of carbonyl (C=O) groups is 3. The van der Waals surface area contributed by atoms with Gasteiger partial charge in [0, 0.05) is 12.6 Å². The number of alkyl carbamates (subject to hydrolysis) is 1. The van der Waals surface area contributed by atoms with Gasteiger partial charge in [0.1, 0.15) is 17.7 Å². The van der Waals surface area contributed by atoms with Crippen LogP contribution in [-0.2, 0) is 14.3 Å². The molecular formula is C27H45N3O4. The van der Waals surface area contributed by atoms with Gasteiger partial charge >= 0.3 is 6.09 Å². The molecule has 7 nitrogen and oxygen atoms in total. The van der Waals surface area contributed by atoms with E-state index in [4.69, 9.17) is 4.74 Å². The highest BCUT2D eigenvalue weighted by molar-refractivity contribution is 5.92. The quantitative estimate of drug-likeness (QED) is 0.434. The van der Waals surface area contributed by atoms with Crippen molar-refractivity contribution in [3.63, 3.8) is 0 Å². The van der Waals surface area contributed by atoms with Crippen LogP contribution in [0.25, 0.3) is 0 Å². The van der Waals surface area contributed by atoms with Crippen LogP contribution >= 0.6 is 0 Å². The number of nitrogens with one attached hydrogen (secondary N) is 2. The standard InChI is InChI=1S/C27H45N3O4/c1-10-11-12-17-30(25(32)22(18(2)3)29-26(33)34-27(7,8)9)23(24(31)28-19(4)5)21-15-13-20(6)14-16-21/h13-16,18-19,22-23H,10-12,17H2,1-9H3,(H,28,31)(H,29,33). The van der Waals surface area contributed by atoms with Gasteiger partial charge in [0.15, 0.2) is 0 Å². The fraction of sp³-hybridized carbons (Fsp3) is 0.667. The lowest BCUT2D eigenvalue weighted by molar-refractivity contribution is -0.143. The molecule has 34 heavy (non-hydrogen) atoms. The molecule has 2 unspecified atom stereocenters. The van der Waals surface area contributed by atoms with Gasteiger partial charge in [-0.2, -0.15) is 0 Å². The van der Waals surface area contributed by atoms with Crippen LogP contribution < -0.4 is 10.6 Å². The van der Waals surface area contributed by atoms with Crippen molar-refractivity contribution in [3.05, 3.63) is 35.4 Å². The van der Waals surface area contributed by atoms with Crippen molar-refractivity contribution in [1.29, 1.82) is 0 Å². The Hall–Kier alpha value is -2.57. The Morgan fingerprint density at radius 2 is 1.56 bits per heavy atom. The van der Waals surface area contributed by atoms with E-state index in [1.54, 1.807) is 25.7 Å². The molecule has 0 radical (unpaired) electrons. The van der Waals surface area contributed by atoms with E-state index in [1.807, 2.05) is 58.9 Å². The minimum atomic E-state index is -0.823. The third-order valence-corrected chi connectivity index (χ3v) is 5.27. The molecule has 0 heterocycles. The summed E-state index contributed by atoms with van der Waals surface area (Å²) in [6.45, 7) is 17.4. The van der Waals surface area contributed by atoms with Crippen molar-refractivity contribution in [2.45, 2.75) is 105 Å². The molecule has 0 saturated heterocycles. The number of aryl methyl sites for hydroxylation is 1. The zero-order valence-electron chi connectivity index (χ0n) is 22.5. The lowest BCUT2D eigenvalue weighted by Gasteiger charge is -2.36. The highest BCUT2D eigenvalue weighted by Crippen LogP contribution is 2.25. The molecule has 0 aliphatic heterocycles. The van der Waals surface area contributed by atoms with E-state index >= 15 is 0 Å². The summed E-state index contributed by atoms with van der Waals surface area (Å²) in [5.41, 5.74) is 1.13. The lowest BCUT2D eigenvalue weighted by Crippen LogP contribution is -2.55. The van der Waals surface area contributed by atoms with Crippen LogP contribution in [0.15, 0.2) is 24.3 Å². The van der Waals surface area contributed by atoms with Gasteiger partial charge in [-0.1, -0.05) is 63.4 Å². The van der Waals surface area contributed by atoms with Crippen molar-refractivity contribution < 1.29 is 19.1 Å². The summed E-state index contributed by atoms with van der Waals surface area (Å²) in [7, 11) is 0. The number of amides is 3. The summed E-state index contributed by atoms with van der Waals surface area (Å²) < 4.78 is 5.41. The predicted molar refractivity (Wildman–Crippen MR) is 136 cm³/mol. The van der Waals surface area contributed by atoms with E-state index in [2.05, 4.69) is 17.6 Å². The summed E-state index contributed by atoms with van der Waals surface area (Å²) in [4.78, 5) is 41.5. The number of rotatable bonds is 11. The molecule has 7 heteroatoms. The fourth-order valence-electron chi connectivity index (χ4n) is 3.61. The molecule has 0 aliphatic carbocycles. The number of ether oxygens (including phenoxy) is 1. The smallest absolute Gasteiger partial charge is 0.408 e. The minimum Gasteiger partial charge on any atom is -0.444 e. The number of hydrogen-bond donors (Lipinski definition) is 2. The Labute approximate surface area is 206 Å². The molecule has 0 saturated carbocycles. The zero-order chi connectivity index (χ0) is 26.1. The molecule has 1 aromatic carbocycles. The van der Waals surface area contributed by atoms with Crippen LogP contribution in [0.3, 0.4) is 0 Å². The van der Waals surface area contributed by atoms with Crippen LogP contribution in [-0.4, -0.2) is 47.0 Å². The Morgan fingerprint density at radius 1 is 0.971 bits per heavy atom. The van der Waals surface area contributed by atoms with Crippen LogP contribution in [0.1, 0.15) is 91.8 Å². The predicted octanol–water partition coefficient (Wildman–Crippen LogP) is 5.13. The summed E-state index contributed by atoms with van der Waals surface area (Å²) in [5.74, 6) is -0.717. The Morgan fingerprint density at radius 3 is 2.03 bits per heavy atom. The molecule has 1 rings (SSSR count). The first-order valence-corrected chi connectivity index (χ1v) is 12.4. The minimum absolute atomic E-state index is 0.0752. The van der Waals surface area contributed by atoms with Gasteiger partial charge in [0.05, 0.1) is 0 Å². The number of unbranched alkanes of at least 4 members (excludes halogenated alkanes) is 2. The molecule has 1 aromatic rings. The number of hydrogen-bond acceptors (Lipinski definition) is 4. The SMILES string of the molecule is CCCCCN(C(=O)C(NC(=O)OC(C)(C)C)C(C)C)C(C(=O)NC(C)C)c1ccc(C)cc1. The maximum absolute atomic E-state index is 13.9. The number of nitrogens with zero attached hydrogens (tertiary/aromatic N) is 1. The van der Waals surface area contributed by atoms with E-state index in [1.165, 1.54) is 0 Å². The molecule has 3 amide bonds. The van der Waals surface area contributed by atoms with E-state index in [0.29, 0.717) is 6.54 Å². The van der Waals surface area contributed by atoms with Crippen LogP contribution in [0.5, 0.6) is 0 Å². The monoisotopic (exact) mass is 475 g/mol. The maximum Gasteiger partial charge on any atom is 0.408 e. The van der Waals surface area contributed by atoms with Gasteiger partial charge in [0.25, 0.3) is 0 Å². The third kappa shape index (κ3) is 9.74. The average Bonchev–Trinajstić information content (AvgIpc) is 2.70. The molecule has 2 N–H and O–H groups in total. The third-order valence-electron chi connectivity index (χ3n) is 5.27. The maximum atomic E-state index is 13.9. The largest absolute Gasteiger partial charge is 0.444 e. The van der Waals surface area contributed by atoms with Crippen LogP contribution in [0.4, 0.5) is 4.79 Å². The Bertz CT molecular complexity index is 797. The van der Waals surface area contributed by atoms with E-state index in [0.717, 1.165) is 30.4 Å². The van der Waals surface area contributed by atoms with Crippen molar-refractivity contribution >= 4 is 17.9 Å². The summed E-state index contributed by atoms with van der Waals surface area (Å²) >= 11 is 0. The molecule has 0 spiro atoms. The van der Waals surface area contributed by atoms with Gasteiger partial charge in [-0.15, -0.1) is 0 Å². The normalized spacial score (nSPS) is 13.4. The van der Waals surface area contributed by atoms with Crippen molar-refractivity contribution in [2.24, 2.45) is 5.92 Å². The van der Waals surface area contributed by atoms with Crippen LogP contribution in [0.2, 0.25) is 0 Å². The second-order valence-electron chi connectivity index (χ2n) is 10.6. The highest BCUT2D eigenvalue weighted by atomic mass is 16.6. The summed E-state index contributed by atoms with van der Waals surface area (Å²) in [6.07, 6.45) is 2.03. The molecule has 0 aliphatic rings. The first-order valence-electron chi connectivity index (χ1n) is 12.4. The Balaban J connectivity index is 3.42. The van der Waals surface area contributed by atoms with Gasteiger partial charge in [-0.25, -0.2) is 4.79 Å². The number of carbonyl (C=O) groups excluding carboxylic acids is 3. The van der Waals surface area contributed by atoms with Crippen molar-refractivity contribution in [3.8, 4) is 0 Å². The van der Waals surface area contributed by atoms with E-state index < -0.39 is 23.8 Å². The average molecular weight is 476 g/mol. The molecule has 2 atom stereocenters. The van der Waals surface area contributed by atoms with E-state index in [9.17, 15) is 14.4 Å². The molecule has 0 fully saturated rings. The fourth-order valence-corrected chi connectivity index (χ4v) is 3.61. The first kappa shape index (κ1) is 29.5. The first-order chi connectivity index (χ1) is 15.8. The topological polar surface area (TPSA) is 87.7 Å². The number of benzene rings is 1. The molecule has 192 valence electrons. The van der Waals surface area contributed by atoms with Gasteiger partial charge in [0.2, 0.25) is 11.8 Å². The van der Waals surface area contributed by atoms with E-state index in [-0.39, 0.29) is 23.8 Å². The second kappa shape index (κ2) is 13.4. The van der Waals surface area contributed by atoms with Gasteiger partial charge in [-0.05, 0) is 59.4 Å². The molecule has 0 bridgehead atoms. The van der Waals surface area contributed by atoms with Crippen LogP contribution in [0, 0.1) is 12.8 Å². The highest BCUT2D eigenvalue weighted by Gasteiger charge is 2.37. The molecule has 0 aromatic heterocycles.